The Kier molecular flexibility index (Phi) is 4.55. The summed E-state index contributed by atoms with van der Waals surface area (Å²) >= 11 is 0. The van der Waals surface area contributed by atoms with Gasteiger partial charge in [0, 0.05) is 12.6 Å². The molecule has 0 aliphatic heterocycles. The second kappa shape index (κ2) is 5.71. The van der Waals surface area contributed by atoms with Crippen LogP contribution in [0.2, 0.25) is 0 Å². The zero-order valence-electron chi connectivity index (χ0n) is 11.0. The average Bonchev–Trinajstić information content (AvgIpc) is 2.18. The number of nitrogens with one attached hydrogen (secondary N) is 1. The largest absolute Gasteiger partial charge is 0.494 e. The number of anilines is 1. The van der Waals surface area contributed by atoms with Gasteiger partial charge in [-0.05, 0) is 36.1 Å². The van der Waals surface area contributed by atoms with Crippen molar-refractivity contribution in [1.29, 1.82) is 0 Å². The first-order chi connectivity index (χ1) is 7.87. The van der Waals surface area contributed by atoms with Crippen LogP contribution >= 0.6 is 0 Å². The van der Waals surface area contributed by atoms with Crippen LogP contribution in [0, 0.1) is 5.41 Å². The Morgan fingerprint density at radius 1 is 1.24 bits per heavy atom. The highest BCUT2D eigenvalue weighted by molar-refractivity contribution is 5.88. The Labute approximate surface area is 103 Å². The van der Waals surface area contributed by atoms with E-state index in [0.29, 0.717) is 6.61 Å². The summed E-state index contributed by atoms with van der Waals surface area (Å²) in [5, 5.41) is 2.72. The summed E-state index contributed by atoms with van der Waals surface area (Å²) in [5.74, 6) is 0.773. The molecule has 3 nitrogen and oxygen atoms in total. The van der Waals surface area contributed by atoms with Crippen molar-refractivity contribution in [3.63, 3.8) is 0 Å². The molecule has 0 bridgehead atoms. The maximum atomic E-state index is 10.8. The standard InChI is InChI=1S/C14H21NO2/c1-11(16)15-12-5-7-13(8-6-12)17-10-9-14(2,3)4/h5-8H,9-10H2,1-4H3,(H,15,16). The van der Waals surface area contributed by atoms with Crippen molar-refractivity contribution in [3.05, 3.63) is 24.3 Å². The first-order valence-corrected chi connectivity index (χ1v) is 5.87. The lowest BCUT2D eigenvalue weighted by molar-refractivity contribution is -0.114. The molecule has 3 heteroatoms. The molecular formula is C14H21NO2. The van der Waals surface area contributed by atoms with E-state index < -0.39 is 0 Å². The van der Waals surface area contributed by atoms with Gasteiger partial charge in [0.2, 0.25) is 5.91 Å². The highest BCUT2D eigenvalue weighted by Crippen LogP contribution is 2.20. The molecule has 1 amide bonds. The minimum atomic E-state index is -0.0635. The molecule has 0 saturated carbocycles. The van der Waals surface area contributed by atoms with E-state index in [0.717, 1.165) is 17.9 Å². The van der Waals surface area contributed by atoms with Crippen LogP contribution in [-0.2, 0) is 4.79 Å². The lowest BCUT2D eigenvalue weighted by Gasteiger charge is -2.18. The van der Waals surface area contributed by atoms with E-state index >= 15 is 0 Å². The molecule has 0 radical (unpaired) electrons. The van der Waals surface area contributed by atoms with Crippen LogP contribution in [0.4, 0.5) is 5.69 Å². The second-order valence-corrected chi connectivity index (χ2v) is 5.36. The molecule has 0 unspecified atom stereocenters. The SMILES string of the molecule is CC(=O)Nc1ccc(OCCC(C)(C)C)cc1. The van der Waals surface area contributed by atoms with Crippen LogP contribution in [0.25, 0.3) is 0 Å². The lowest BCUT2D eigenvalue weighted by Crippen LogP contribution is -2.11. The molecule has 0 aliphatic rings. The van der Waals surface area contributed by atoms with Gasteiger partial charge >= 0.3 is 0 Å². The minimum Gasteiger partial charge on any atom is -0.494 e. The zero-order chi connectivity index (χ0) is 12.9. The quantitative estimate of drug-likeness (QED) is 0.868. The Morgan fingerprint density at radius 3 is 2.29 bits per heavy atom. The van der Waals surface area contributed by atoms with E-state index in [1.54, 1.807) is 0 Å². The van der Waals surface area contributed by atoms with E-state index in [1.807, 2.05) is 24.3 Å². The maximum absolute atomic E-state index is 10.8. The number of ether oxygens (including phenoxy) is 1. The summed E-state index contributed by atoms with van der Waals surface area (Å²) in [6, 6.07) is 7.42. The third-order valence-corrected chi connectivity index (χ3v) is 2.30. The smallest absolute Gasteiger partial charge is 0.221 e. The highest BCUT2D eigenvalue weighted by Gasteiger charge is 2.09. The third-order valence-electron chi connectivity index (χ3n) is 2.30. The molecular weight excluding hydrogens is 214 g/mol. The van der Waals surface area contributed by atoms with Crippen molar-refractivity contribution >= 4 is 11.6 Å². The molecule has 0 heterocycles. The zero-order valence-corrected chi connectivity index (χ0v) is 11.0. The van der Waals surface area contributed by atoms with Crippen molar-refractivity contribution in [2.75, 3.05) is 11.9 Å². The van der Waals surface area contributed by atoms with Gasteiger partial charge in [0.1, 0.15) is 5.75 Å². The Hall–Kier alpha value is -1.51. The number of carbonyl (C=O) groups excluding carboxylic acids is 1. The maximum Gasteiger partial charge on any atom is 0.221 e. The Morgan fingerprint density at radius 2 is 1.82 bits per heavy atom. The molecule has 0 aliphatic carbocycles. The first-order valence-electron chi connectivity index (χ1n) is 5.87. The van der Waals surface area contributed by atoms with E-state index in [1.165, 1.54) is 6.92 Å². The number of carbonyl (C=O) groups is 1. The van der Waals surface area contributed by atoms with Crippen molar-refractivity contribution < 1.29 is 9.53 Å². The van der Waals surface area contributed by atoms with Crippen LogP contribution in [0.1, 0.15) is 34.1 Å². The molecule has 94 valence electrons. The lowest BCUT2D eigenvalue weighted by atomic mass is 9.93. The molecule has 0 fully saturated rings. The monoisotopic (exact) mass is 235 g/mol. The molecule has 1 aromatic rings. The van der Waals surface area contributed by atoms with E-state index in [9.17, 15) is 4.79 Å². The second-order valence-electron chi connectivity index (χ2n) is 5.36. The van der Waals surface area contributed by atoms with Crippen LogP contribution in [0.15, 0.2) is 24.3 Å². The van der Waals surface area contributed by atoms with E-state index in [-0.39, 0.29) is 11.3 Å². The van der Waals surface area contributed by atoms with Crippen molar-refractivity contribution in [2.24, 2.45) is 5.41 Å². The molecule has 17 heavy (non-hydrogen) atoms. The number of hydrogen-bond acceptors (Lipinski definition) is 2. The minimum absolute atomic E-state index is 0.0635. The van der Waals surface area contributed by atoms with Crippen LogP contribution in [0.3, 0.4) is 0 Å². The summed E-state index contributed by atoms with van der Waals surface area (Å²) in [6.07, 6.45) is 1.01. The fourth-order valence-electron chi connectivity index (χ4n) is 1.31. The number of hydrogen-bond donors (Lipinski definition) is 1. The predicted octanol–water partition coefficient (Wildman–Crippen LogP) is 3.46. The fraction of sp³-hybridized carbons (Fsp3) is 0.500. The topological polar surface area (TPSA) is 38.3 Å². The highest BCUT2D eigenvalue weighted by atomic mass is 16.5. The molecule has 0 atom stereocenters. The van der Waals surface area contributed by atoms with Gasteiger partial charge < -0.3 is 10.1 Å². The Bertz CT molecular complexity index is 363. The van der Waals surface area contributed by atoms with Crippen molar-refractivity contribution in [2.45, 2.75) is 34.1 Å². The average molecular weight is 235 g/mol. The van der Waals surface area contributed by atoms with Gasteiger partial charge in [-0.3, -0.25) is 4.79 Å². The van der Waals surface area contributed by atoms with Crippen molar-refractivity contribution in [1.82, 2.24) is 0 Å². The Balaban J connectivity index is 2.43. The summed E-state index contributed by atoms with van der Waals surface area (Å²) < 4.78 is 5.63. The number of benzene rings is 1. The summed E-state index contributed by atoms with van der Waals surface area (Å²) in [6.45, 7) is 8.78. The third kappa shape index (κ3) is 5.95. The molecule has 1 N–H and O–H groups in total. The molecule has 1 aromatic carbocycles. The molecule has 0 spiro atoms. The van der Waals surface area contributed by atoms with Gasteiger partial charge in [-0.1, -0.05) is 20.8 Å². The molecule has 0 saturated heterocycles. The van der Waals surface area contributed by atoms with Gasteiger partial charge in [-0.25, -0.2) is 0 Å². The van der Waals surface area contributed by atoms with E-state index in [4.69, 9.17) is 4.74 Å². The van der Waals surface area contributed by atoms with Crippen LogP contribution in [0.5, 0.6) is 5.75 Å². The molecule has 0 aromatic heterocycles. The van der Waals surface area contributed by atoms with Gasteiger partial charge in [0.05, 0.1) is 6.61 Å². The van der Waals surface area contributed by atoms with Gasteiger partial charge in [0.15, 0.2) is 0 Å². The summed E-state index contributed by atoms with van der Waals surface area (Å²) in [7, 11) is 0. The normalized spacial score (nSPS) is 11.1. The van der Waals surface area contributed by atoms with Crippen LogP contribution in [-0.4, -0.2) is 12.5 Å². The summed E-state index contributed by atoms with van der Waals surface area (Å²) in [4.78, 5) is 10.8. The number of rotatable bonds is 4. The fourth-order valence-corrected chi connectivity index (χ4v) is 1.31. The van der Waals surface area contributed by atoms with Gasteiger partial charge in [-0.15, -0.1) is 0 Å². The first kappa shape index (κ1) is 13.6. The van der Waals surface area contributed by atoms with Crippen molar-refractivity contribution in [3.8, 4) is 5.75 Å². The molecule has 1 rings (SSSR count). The van der Waals surface area contributed by atoms with Gasteiger partial charge in [0.25, 0.3) is 0 Å². The predicted molar refractivity (Wildman–Crippen MR) is 70.3 cm³/mol. The van der Waals surface area contributed by atoms with Crippen LogP contribution < -0.4 is 10.1 Å². The number of amides is 1. The summed E-state index contributed by atoms with van der Waals surface area (Å²) in [5.41, 5.74) is 1.08. The van der Waals surface area contributed by atoms with Gasteiger partial charge in [-0.2, -0.15) is 0 Å². The van der Waals surface area contributed by atoms with E-state index in [2.05, 4.69) is 26.1 Å².